The van der Waals surface area contributed by atoms with E-state index >= 15 is 0 Å². The Bertz CT molecular complexity index is 456. The average molecular weight is 274 g/mol. The molecular formula is C16H26N4. The van der Waals surface area contributed by atoms with Crippen LogP contribution >= 0.6 is 0 Å². The Balaban J connectivity index is 1.88. The predicted molar refractivity (Wildman–Crippen MR) is 86.6 cm³/mol. The van der Waals surface area contributed by atoms with E-state index in [0.717, 1.165) is 38.4 Å². The molecule has 0 spiro atoms. The Morgan fingerprint density at radius 2 is 2.15 bits per heavy atom. The smallest absolute Gasteiger partial charge is 0.191 e. The average Bonchev–Trinajstić information content (AvgIpc) is 2.91. The normalized spacial score (nSPS) is 15.9. The number of fused-ring (bicyclic) bond motifs is 1. The van der Waals surface area contributed by atoms with Gasteiger partial charge in [0.15, 0.2) is 5.96 Å². The zero-order valence-electron chi connectivity index (χ0n) is 12.8. The van der Waals surface area contributed by atoms with Crippen LogP contribution in [0.2, 0.25) is 0 Å². The molecule has 0 saturated carbocycles. The second-order valence-electron chi connectivity index (χ2n) is 5.30. The molecule has 20 heavy (non-hydrogen) atoms. The monoisotopic (exact) mass is 274 g/mol. The Hall–Kier alpha value is -1.71. The lowest BCUT2D eigenvalue weighted by atomic mass is 10.2. The number of nitrogens with zero attached hydrogens (tertiary/aromatic N) is 2. The van der Waals surface area contributed by atoms with Gasteiger partial charge in [-0.3, -0.25) is 4.99 Å². The lowest BCUT2D eigenvalue weighted by Crippen LogP contribution is -2.45. The van der Waals surface area contributed by atoms with Gasteiger partial charge in [0.1, 0.15) is 0 Å². The first-order valence-electron chi connectivity index (χ1n) is 7.55. The number of hydrogen-bond acceptors (Lipinski definition) is 2. The van der Waals surface area contributed by atoms with Gasteiger partial charge in [-0.05, 0) is 31.4 Å². The van der Waals surface area contributed by atoms with Crippen molar-refractivity contribution in [2.75, 3.05) is 31.6 Å². The highest BCUT2D eigenvalue weighted by Gasteiger charge is 2.22. The number of guanidine groups is 1. The molecule has 0 aromatic heterocycles. The Morgan fingerprint density at radius 1 is 1.35 bits per heavy atom. The van der Waals surface area contributed by atoms with Gasteiger partial charge in [0.05, 0.1) is 0 Å². The Kier molecular flexibility index (Phi) is 5.27. The number of benzene rings is 1. The first-order chi connectivity index (χ1) is 9.76. The molecule has 2 N–H and O–H groups in total. The zero-order valence-corrected chi connectivity index (χ0v) is 12.8. The van der Waals surface area contributed by atoms with E-state index in [1.807, 2.05) is 7.05 Å². The van der Waals surface area contributed by atoms with Crippen molar-refractivity contribution < 1.29 is 0 Å². The molecule has 0 radical (unpaired) electrons. The standard InChI is InChI=1S/C16H26N4/c1-4-10-18-16(17-3)19-12-13(2)20-11-9-14-7-5-6-8-15(14)20/h5-8,13H,4,9-12H2,1-3H3,(H2,17,18,19). The molecule has 4 heteroatoms. The van der Waals surface area contributed by atoms with Gasteiger partial charge in [-0.15, -0.1) is 0 Å². The fraction of sp³-hybridized carbons (Fsp3) is 0.562. The predicted octanol–water partition coefficient (Wildman–Crippen LogP) is 2.01. The zero-order chi connectivity index (χ0) is 14.4. The van der Waals surface area contributed by atoms with Crippen molar-refractivity contribution in [3.8, 4) is 0 Å². The summed E-state index contributed by atoms with van der Waals surface area (Å²) in [6.07, 6.45) is 2.26. The van der Waals surface area contributed by atoms with E-state index in [1.165, 1.54) is 11.3 Å². The van der Waals surface area contributed by atoms with Gasteiger partial charge in [-0.25, -0.2) is 0 Å². The van der Waals surface area contributed by atoms with Crippen molar-refractivity contribution in [1.82, 2.24) is 10.6 Å². The summed E-state index contributed by atoms with van der Waals surface area (Å²) in [4.78, 5) is 6.73. The van der Waals surface area contributed by atoms with E-state index in [-0.39, 0.29) is 0 Å². The third-order valence-electron chi connectivity index (χ3n) is 3.79. The molecular weight excluding hydrogens is 248 g/mol. The first kappa shape index (κ1) is 14.7. The summed E-state index contributed by atoms with van der Waals surface area (Å²) in [7, 11) is 1.82. The van der Waals surface area contributed by atoms with E-state index in [9.17, 15) is 0 Å². The van der Waals surface area contributed by atoms with Gasteiger partial charge in [0.2, 0.25) is 0 Å². The van der Waals surface area contributed by atoms with Crippen LogP contribution in [0.4, 0.5) is 5.69 Å². The maximum atomic E-state index is 4.24. The molecule has 1 aliphatic heterocycles. The molecule has 1 unspecified atom stereocenters. The molecule has 0 aliphatic carbocycles. The van der Waals surface area contributed by atoms with E-state index in [1.54, 1.807) is 0 Å². The minimum Gasteiger partial charge on any atom is -0.366 e. The molecule has 1 aromatic carbocycles. The maximum absolute atomic E-state index is 4.24. The van der Waals surface area contributed by atoms with Crippen LogP contribution in [0.3, 0.4) is 0 Å². The highest BCUT2D eigenvalue weighted by Crippen LogP contribution is 2.28. The van der Waals surface area contributed by atoms with E-state index < -0.39 is 0 Å². The second kappa shape index (κ2) is 7.17. The Morgan fingerprint density at radius 3 is 2.90 bits per heavy atom. The molecule has 4 nitrogen and oxygen atoms in total. The first-order valence-corrected chi connectivity index (χ1v) is 7.55. The van der Waals surface area contributed by atoms with Crippen LogP contribution in [-0.2, 0) is 6.42 Å². The number of rotatable bonds is 5. The van der Waals surface area contributed by atoms with Crippen molar-refractivity contribution in [2.45, 2.75) is 32.7 Å². The van der Waals surface area contributed by atoms with Crippen LogP contribution in [0.1, 0.15) is 25.8 Å². The highest BCUT2D eigenvalue weighted by molar-refractivity contribution is 5.79. The van der Waals surface area contributed by atoms with E-state index in [4.69, 9.17) is 0 Å². The molecule has 1 atom stereocenters. The number of para-hydroxylation sites is 1. The summed E-state index contributed by atoms with van der Waals surface area (Å²) >= 11 is 0. The fourth-order valence-corrected chi connectivity index (χ4v) is 2.64. The van der Waals surface area contributed by atoms with Crippen molar-refractivity contribution in [1.29, 1.82) is 0 Å². The van der Waals surface area contributed by atoms with Crippen molar-refractivity contribution in [3.05, 3.63) is 29.8 Å². The molecule has 110 valence electrons. The maximum Gasteiger partial charge on any atom is 0.191 e. The molecule has 0 amide bonds. The summed E-state index contributed by atoms with van der Waals surface area (Å²) in [5, 5.41) is 6.71. The second-order valence-corrected chi connectivity index (χ2v) is 5.30. The van der Waals surface area contributed by atoms with E-state index in [2.05, 4.69) is 58.6 Å². The lowest BCUT2D eigenvalue weighted by molar-refractivity contribution is 0.625. The fourth-order valence-electron chi connectivity index (χ4n) is 2.64. The highest BCUT2D eigenvalue weighted by atomic mass is 15.2. The third-order valence-corrected chi connectivity index (χ3v) is 3.79. The van der Waals surface area contributed by atoms with Crippen LogP contribution < -0.4 is 15.5 Å². The van der Waals surface area contributed by atoms with Gasteiger partial charge in [-0.2, -0.15) is 0 Å². The minimum absolute atomic E-state index is 0.457. The van der Waals surface area contributed by atoms with Crippen molar-refractivity contribution in [2.24, 2.45) is 4.99 Å². The topological polar surface area (TPSA) is 39.7 Å². The van der Waals surface area contributed by atoms with Crippen LogP contribution in [-0.4, -0.2) is 38.7 Å². The molecule has 0 fully saturated rings. The van der Waals surface area contributed by atoms with Gasteiger partial charge < -0.3 is 15.5 Å². The molecule has 1 aromatic rings. The van der Waals surface area contributed by atoms with Crippen molar-refractivity contribution in [3.63, 3.8) is 0 Å². The largest absolute Gasteiger partial charge is 0.366 e. The van der Waals surface area contributed by atoms with Gasteiger partial charge in [0.25, 0.3) is 0 Å². The number of nitrogens with one attached hydrogen (secondary N) is 2. The van der Waals surface area contributed by atoms with Gasteiger partial charge >= 0.3 is 0 Å². The number of anilines is 1. The molecule has 2 rings (SSSR count). The van der Waals surface area contributed by atoms with Crippen molar-refractivity contribution >= 4 is 11.6 Å². The summed E-state index contributed by atoms with van der Waals surface area (Å²) < 4.78 is 0. The van der Waals surface area contributed by atoms with Gasteiger partial charge in [-0.1, -0.05) is 25.1 Å². The summed E-state index contributed by atoms with van der Waals surface area (Å²) in [6.45, 7) is 7.40. The minimum atomic E-state index is 0.457. The van der Waals surface area contributed by atoms with Crippen LogP contribution in [0.15, 0.2) is 29.3 Å². The summed E-state index contributed by atoms with van der Waals surface area (Å²) in [5.41, 5.74) is 2.85. The molecule has 1 heterocycles. The van der Waals surface area contributed by atoms with Gasteiger partial charge in [0, 0.05) is 38.4 Å². The molecule has 0 saturated heterocycles. The summed E-state index contributed by atoms with van der Waals surface area (Å²) in [6, 6.07) is 9.17. The van der Waals surface area contributed by atoms with E-state index in [0.29, 0.717) is 6.04 Å². The summed E-state index contributed by atoms with van der Waals surface area (Å²) in [5.74, 6) is 0.895. The lowest BCUT2D eigenvalue weighted by Gasteiger charge is -2.28. The third kappa shape index (κ3) is 3.44. The Labute approximate surface area is 122 Å². The van der Waals surface area contributed by atoms with Crippen LogP contribution in [0, 0.1) is 0 Å². The number of hydrogen-bond donors (Lipinski definition) is 2. The number of aliphatic imine (C=N–C) groups is 1. The quantitative estimate of drug-likeness (QED) is 0.637. The molecule has 0 bridgehead atoms. The SMILES string of the molecule is CCCNC(=NC)NCC(C)N1CCc2ccccc21. The van der Waals surface area contributed by atoms with Crippen LogP contribution in [0.5, 0.6) is 0 Å². The van der Waals surface area contributed by atoms with Crippen LogP contribution in [0.25, 0.3) is 0 Å². The molecule has 1 aliphatic rings.